The molecule has 2 N–H and O–H groups in total. The number of aromatic nitrogens is 4. The largest absolute Gasteiger partial charge is 0.386 e. The predicted molar refractivity (Wildman–Crippen MR) is 82.8 cm³/mol. The molecule has 0 bridgehead atoms. The van der Waals surface area contributed by atoms with E-state index in [0.717, 1.165) is 12.1 Å². The summed E-state index contributed by atoms with van der Waals surface area (Å²) in [6.45, 7) is -0.350. The zero-order chi connectivity index (χ0) is 17.8. The van der Waals surface area contributed by atoms with Gasteiger partial charge in [0.15, 0.2) is 5.82 Å². The number of aliphatic hydroxyl groups excluding tert-OH is 1. The van der Waals surface area contributed by atoms with Crippen LogP contribution in [0.3, 0.4) is 0 Å². The Balaban J connectivity index is 1.70. The van der Waals surface area contributed by atoms with E-state index in [-0.39, 0.29) is 12.1 Å². The first kappa shape index (κ1) is 16.7. The number of carbonyl (C=O) groups is 1. The van der Waals surface area contributed by atoms with Crippen LogP contribution in [0.5, 0.6) is 0 Å². The van der Waals surface area contributed by atoms with Crippen molar-refractivity contribution < 1.29 is 18.7 Å². The highest BCUT2D eigenvalue weighted by Crippen LogP contribution is 2.20. The topological polar surface area (TPSA) is 92.9 Å². The summed E-state index contributed by atoms with van der Waals surface area (Å²) in [7, 11) is 0. The van der Waals surface area contributed by atoms with E-state index >= 15 is 0 Å². The lowest BCUT2D eigenvalue weighted by Crippen LogP contribution is -2.29. The predicted octanol–water partition coefficient (Wildman–Crippen LogP) is 1.40. The summed E-state index contributed by atoms with van der Waals surface area (Å²) in [4.78, 5) is 20.0. The molecule has 0 aliphatic heterocycles. The van der Waals surface area contributed by atoms with Gasteiger partial charge in [-0.15, -0.1) is 0 Å². The number of halogens is 2. The van der Waals surface area contributed by atoms with E-state index in [4.69, 9.17) is 0 Å². The first-order valence-corrected chi connectivity index (χ1v) is 7.27. The molecule has 0 aliphatic rings. The highest BCUT2D eigenvalue weighted by Gasteiger charge is 2.19. The Kier molecular flexibility index (Phi) is 4.75. The van der Waals surface area contributed by atoms with E-state index in [2.05, 4.69) is 20.4 Å². The van der Waals surface area contributed by atoms with Crippen molar-refractivity contribution in [3.05, 3.63) is 71.9 Å². The van der Waals surface area contributed by atoms with Gasteiger partial charge in [-0.05, 0) is 24.3 Å². The minimum absolute atomic E-state index is 0.252. The third kappa shape index (κ3) is 3.66. The number of benzene rings is 1. The second kappa shape index (κ2) is 7.14. The molecule has 9 heteroatoms. The number of aliphatic hydroxyl groups is 1. The van der Waals surface area contributed by atoms with Crippen molar-refractivity contribution in [2.24, 2.45) is 0 Å². The number of rotatable bonds is 5. The smallest absolute Gasteiger partial charge is 0.251 e. The third-order valence-electron chi connectivity index (χ3n) is 3.45. The Morgan fingerprint density at radius 1 is 1.28 bits per heavy atom. The maximum atomic E-state index is 13.6. The molecule has 7 nitrogen and oxygen atoms in total. The summed E-state index contributed by atoms with van der Waals surface area (Å²) in [5.41, 5.74) is -0.234. The van der Waals surface area contributed by atoms with Crippen LogP contribution in [0.25, 0.3) is 5.82 Å². The number of amides is 1. The minimum atomic E-state index is -1.51. The summed E-state index contributed by atoms with van der Waals surface area (Å²) in [5.74, 6) is -1.90. The fourth-order valence-corrected chi connectivity index (χ4v) is 2.23. The molecule has 1 aromatic carbocycles. The van der Waals surface area contributed by atoms with Gasteiger partial charge < -0.3 is 10.4 Å². The van der Waals surface area contributed by atoms with E-state index in [9.17, 15) is 18.7 Å². The zero-order valence-electron chi connectivity index (χ0n) is 12.8. The summed E-state index contributed by atoms with van der Waals surface area (Å²) < 4.78 is 28.6. The fourth-order valence-electron chi connectivity index (χ4n) is 2.23. The molecule has 0 fully saturated rings. The molecule has 3 rings (SSSR count). The Hall–Kier alpha value is -3.20. The second-order valence-electron chi connectivity index (χ2n) is 5.10. The van der Waals surface area contributed by atoms with Crippen LogP contribution in [0.2, 0.25) is 0 Å². The minimum Gasteiger partial charge on any atom is -0.386 e. The average molecular weight is 345 g/mol. The lowest BCUT2D eigenvalue weighted by Gasteiger charge is -2.14. The number of nitrogens with one attached hydrogen (secondary N) is 1. The molecule has 0 spiro atoms. The summed E-state index contributed by atoms with van der Waals surface area (Å²) in [5, 5.41) is 16.3. The molecule has 1 unspecified atom stereocenters. The Labute approximate surface area is 141 Å². The van der Waals surface area contributed by atoms with E-state index in [0.29, 0.717) is 5.82 Å². The maximum absolute atomic E-state index is 13.6. The van der Waals surface area contributed by atoms with Gasteiger partial charge in [0.2, 0.25) is 0 Å². The maximum Gasteiger partial charge on any atom is 0.251 e. The molecule has 25 heavy (non-hydrogen) atoms. The molecule has 1 atom stereocenters. The van der Waals surface area contributed by atoms with E-state index in [1.165, 1.54) is 41.7 Å². The van der Waals surface area contributed by atoms with Crippen LogP contribution in [-0.4, -0.2) is 37.3 Å². The lowest BCUT2D eigenvalue weighted by atomic mass is 10.1. The zero-order valence-corrected chi connectivity index (χ0v) is 12.8. The van der Waals surface area contributed by atoms with Gasteiger partial charge in [-0.1, -0.05) is 6.07 Å². The molecule has 3 aromatic rings. The molecular weight excluding hydrogens is 332 g/mol. The number of hydrogen-bond donors (Lipinski definition) is 2. The van der Waals surface area contributed by atoms with Gasteiger partial charge in [-0.3, -0.25) is 4.79 Å². The normalized spacial score (nSPS) is 12.0. The van der Waals surface area contributed by atoms with Crippen molar-refractivity contribution >= 4 is 5.91 Å². The second-order valence-corrected chi connectivity index (χ2v) is 5.10. The van der Waals surface area contributed by atoms with Gasteiger partial charge in [0.1, 0.15) is 30.4 Å². The highest BCUT2D eigenvalue weighted by atomic mass is 19.1. The molecule has 2 heterocycles. The first-order valence-electron chi connectivity index (χ1n) is 7.27. The molecule has 0 aliphatic carbocycles. The Morgan fingerprint density at radius 3 is 2.72 bits per heavy atom. The van der Waals surface area contributed by atoms with Crippen molar-refractivity contribution in [1.82, 2.24) is 25.1 Å². The van der Waals surface area contributed by atoms with Crippen molar-refractivity contribution in [1.29, 1.82) is 0 Å². The summed E-state index contributed by atoms with van der Waals surface area (Å²) in [6.07, 6.45) is 2.66. The standard InChI is InChI=1S/C16H13F2N5O2/c17-11-2-1-3-12(18)15(11)13(24)7-21-16(25)10-4-5-20-14(6-10)23-9-19-8-22-23/h1-6,8-9,13,24H,7H2,(H,21,25). The van der Waals surface area contributed by atoms with Crippen LogP contribution in [-0.2, 0) is 0 Å². The van der Waals surface area contributed by atoms with Crippen LogP contribution in [0.15, 0.2) is 49.2 Å². The lowest BCUT2D eigenvalue weighted by molar-refractivity contribution is 0.0911. The number of hydrogen-bond acceptors (Lipinski definition) is 5. The van der Waals surface area contributed by atoms with Crippen molar-refractivity contribution in [2.75, 3.05) is 6.54 Å². The monoisotopic (exact) mass is 345 g/mol. The van der Waals surface area contributed by atoms with Gasteiger partial charge in [0.25, 0.3) is 5.91 Å². The molecule has 0 radical (unpaired) electrons. The average Bonchev–Trinajstić information content (AvgIpc) is 3.14. The molecule has 0 saturated carbocycles. The molecule has 1 amide bonds. The van der Waals surface area contributed by atoms with Gasteiger partial charge in [-0.2, -0.15) is 5.10 Å². The van der Waals surface area contributed by atoms with Gasteiger partial charge in [0.05, 0.1) is 5.56 Å². The fraction of sp³-hybridized carbons (Fsp3) is 0.125. The highest BCUT2D eigenvalue weighted by molar-refractivity contribution is 5.94. The van der Waals surface area contributed by atoms with Crippen LogP contribution >= 0.6 is 0 Å². The summed E-state index contributed by atoms with van der Waals surface area (Å²) in [6, 6.07) is 6.21. The van der Waals surface area contributed by atoms with Crippen LogP contribution in [0.1, 0.15) is 22.0 Å². The molecular formula is C16H13F2N5O2. The SMILES string of the molecule is O=C(NCC(O)c1c(F)cccc1F)c1ccnc(-n2cncn2)c1. The quantitative estimate of drug-likeness (QED) is 0.729. The van der Waals surface area contributed by atoms with E-state index < -0.39 is 29.2 Å². The Morgan fingerprint density at radius 2 is 2.04 bits per heavy atom. The Bertz CT molecular complexity index is 866. The van der Waals surface area contributed by atoms with Gasteiger partial charge in [-0.25, -0.2) is 23.4 Å². The van der Waals surface area contributed by atoms with Gasteiger partial charge >= 0.3 is 0 Å². The number of nitrogens with zero attached hydrogens (tertiary/aromatic N) is 4. The number of carbonyl (C=O) groups excluding carboxylic acids is 1. The third-order valence-corrected chi connectivity index (χ3v) is 3.45. The first-order chi connectivity index (χ1) is 12.1. The van der Waals surface area contributed by atoms with Crippen LogP contribution < -0.4 is 5.32 Å². The molecule has 0 saturated heterocycles. The van der Waals surface area contributed by atoms with Crippen molar-refractivity contribution in [3.8, 4) is 5.82 Å². The van der Waals surface area contributed by atoms with Crippen molar-refractivity contribution in [3.63, 3.8) is 0 Å². The van der Waals surface area contributed by atoms with Gasteiger partial charge in [0, 0.05) is 18.3 Å². The van der Waals surface area contributed by atoms with E-state index in [1.807, 2.05) is 0 Å². The van der Waals surface area contributed by atoms with E-state index in [1.54, 1.807) is 0 Å². The van der Waals surface area contributed by atoms with Crippen molar-refractivity contribution in [2.45, 2.75) is 6.10 Å². The molecule has 128 valence electrons. The molecule has 2 aromatic heterocycles. The van der Waals surface area contributed by atoms with Crippen LogP contribution in [0, 0.1) is 11.6 Å². The van der Waals surface area contributed by atoms with Crippen LogP contribution in [0.4, 0.5) is 8.78 Å². The number of pyridine rings is 1. The summed E-state index contributed by atoms with van der Waals surface area (Å²) >= 11 is 0.